The maximum Gasteiger partial charge on any atom is 0.490 e. The first-order valence-corrected chi connectivity index (χ1v) is 17.8. The number of carbonyl (C=O) groups excluding carboxylic acids is 2. The van der Waals surface area contributed by atoms with Crippen LogP contribution in [0.5, 0.6) is 17.2 Å². The smallest absolute Gasteiger partial charge is 0.490 e. The van der Waals surface area contributed by atoms with Gasteiger partial charge in [-0.3, -0.25) is 10.1 Å². The zero-order valence-corrected chi connectivity index (χ0v) is 30.7. The van der Waals surface area contributed by atoms with E-state index in [4.69, 9.17) is 34.6 Å². The molecule has 1 aliphatic rings. The van der Waals surface area contributed by atoms with Crippen LogP contribution in [0.25, 0.3) is 10.8 Å². The molecule has 54 heavy (non-hydrogen) atoms. The Hall–Kier alpha value is -5.78. The predicted octanol–water partition coefficient (Wildman–Crippen LogP) is 6.31. The second-order valence-electron chi connectivity index (χ2n) is 12.1. The average molecular weight is 777 g/mol. The molecule has 2 atom stereocenters. The van der Waals surface area contributed by atoms with Gasteiger partial charge >= 0.3 is 18.2 Å². The van der Waals surface area contributed by atoms with E-state index in [9.17, 15) is 31.2 Å². The highest BCUT2D eigenvalue weighted by Gasteiger charge is 2.40. The number of alkyl halides is 3. The number of carbonyl (C=O) groups is 3. The number of hydrogen-bond donors (Lipinski definition) is 3. The van der Waals surface area contributed by atoms with Crippen molar-refractivity contribution in [3.05, 3.63) is 78.0 Å². The number of hydrogen-bond acceptors (Lipinski definition) is 11. The van der Waals surface area contributed by atoms with Crippen molar-refractivity contribution in [2.24, 2.45) is 0 Å². The Balaban J connectivity index is 0.000000845. The van der Waals surface area contributed by atoms with E-state index >= 15 is 0 Å². The number of pyridine rings is 1. The molecule has 0 radical (unpaired) electrons. The number of likely N-dealkylation sites (tertiary alicyclic amines) is 1. The molecular formula is C36H39F3N4O10S. The number of aromatic nitrogens is 1. The number of amides is 2. The highest BCUT2D eigenvalue weighted by Crippen LogP contribution is 2.41. The summed E-state index contributed by atoms with van der Waals surface area (Å²) >= 11 is 0. The lowest BCUT2D eigenvalue weighted by atomic mass is 10.0. The molecule has 1 fully saturated rings. The van der Waals surface area contributed by atoms with Gasteiger partial charge in [-0.1, -0.05) is 6.07 Å². The Morgan fingerprint density at radius 1 is 0.981 bits per heavy atom. The van der Waals surface area contributed by atoms with Crippen LogP contribution in [0.3, 0.4) is 0 Å². The number of methoxy groups -OCH3 is 3. The molecule has 2 amide bonds. The Labute approximate surface area is 308 Å². The van der Waals surface area contributed by atoms with E-state index in [1.807, 2.05) is 0 Å². The zero-order valence-electron chi connectivity index (χ0n) is 29.8. The van der Waals surface area contributed by atoms with Crippen LogP contribution in [0.2, 0.25) is 0 Å². The highest BCUT2D eigenvalue weighted by molar-refractivity contribution is 7.92. The minimum Gasteiger partial charge on any atom is -0.493 e. The molecule has 4 N–H and O–H groups in total. The maximum absolute atomic E-state index is 14.7. The summed E-state index contributed by atoms with van der Waals surface area (Å²) in [5.41, 5.74) is 7.30. The van der Waals surface area contributed by atoms with Crippen molar-refractivity contribution in [3.63, 3.8) is 0 Å². The lowest BCUT2D eigenvalue weighted by Gasteiger charge is -2.31. The molecule has 4 aromatic rings. The van der Waals surface area contributed by atoms with Crippen LogP contribution in [-0.2, 0) is 24.2 Å². The number of anilines is 2. The van der Waals surface area contributed by atoms with Crippen LogP contribution in [-0.4, -0.2) is 80.7 Å². The number of rotatable bonds is 10. The SMILES string of the molecule is COC(=O)Nc1ccc(S(=O)(=O)C(C)C)c([C@H]2CCCN2C(=O)[C@H](Oc2ccc3c(N)nccc3c2)c2ccc(OC)c(OC)c2)c1.O=C(O)C(F)(F)F. The number of carboxylic acid groups (broad SMARTS) is 1. The quantitative estimate of drug-likeness (QED) is 0.163. The molecule has 2 heterocycles. The third-order valence-corrected chi connectivity index (χ3v) is 10.7. The van der Waals surface area contributed by atoms with Crippen molar-refractivity contribution in [2.45, 2.75) is 55.2 Å². The summed E-state index contributed by atoms with van der Waals surface area (Å²) in [6, 6.07) is 16.1. The highest BCUT2D eigenvalue weighted by atomic mass is 32.2. The predicted molar refractivity (Wildman–Crippen MR) is 191 cm³/mol. The fourth-order valence-electron chi connectivity index (χ4n) is 5.74. The van der Waals surface area contributed by atoms with Crippen molar-refractivity contribution in [1.29, 1.82) is 0 Å². The first kappa shape index (κ1) is 41.0. The van der Waals surface area contributed by atoms with Crippen LogP contribution in [0, 0.1) is 0 Å². The zero-order chi connectivity index (χ0) is 40.0. The van der Waals surface area contributed by atoms with Gasteiger partial charge in [-0.2, -0.15) is 13.2 Å². The van der Waals surface area contributed by atoms with E-state index in [1.54, 1.807) is 73.5 Å². The van der Waals surface area contributed by atoms with E-state index in [0.29, 0.717) is 59.3 Å². The van der Waals surface area contributed by atoms with Crippen LogP contribution in [0.15, 0.2) is 71.8 Å². The second kappa shape index (κ2) is 16.9. The van der Waals surface area contributed by atoms with Crippen molar-refractivity contribution in [2.75, 3.05) is 38.9 Å². The third kappa shape index (κ3) is 9.22. The van der Waals surface area contributed by atoms with Gasteiger partial charge in [0.05, 0.1) is 37.5 Å². The fourth-order valence-corrected chi connectivity index (χ4v) is 7.03. The molecule has 5 rings (SSSR count). The number of halogens is 3. The van der Waals surface area contributed by atoms with Crippen molar-refractivity contribution in [3.8, 4) is 17.2 Å². The maximum atomic E-state index is 14.7. The molecule has 1 aliphatic heterocycles. The van der Waals surface area contributed by atoms with Gasteiger partial charge in [0.2, 0.25) is 6.10 Å². The Morgan fingerprint density at radius 2 is 1.67 bits per heavy atom. The molecule has 1 aromatic heterocycles. The number of ether oxygens (including phenoxy) is 4. The molecule has 3 aromatic carbocycles. The van der Waals surface area contributed by atoms with E-state index in [0.717, 1.165) is 10.8 Å². The summed E-state index contributed by atoms with van der Waals surface area (Å²) in [6.07, 6.45) is -4.22. The topological polar surface area (TPSA) is 197 Å². The number of carboxylic acids is 1. The number of nitrogens with one attached hydrogen (secondary N) is 1. The summed E-state index contributed by atoms with van der Waals surface area (Å²) in [5.74, 6) is -1.46. The molecule has 0 bridgehead atoms. The van der Waals surface area contributed by atoms with Crippen LogP contribution < -0.4 is 25.3 Å². The van der Waals surface area contributed by atoms with E-state index in [-0.39, 0.29) is 10.8 Å². The number of nitrogen functional groups attached to an aromatic ring is 1. The molecular weight excluding hydrogens is 737 g/mol. The van der Waals surface area contributed by atoms with Gasteiger partial charge in [-0.25, -0.2) is 23.0 Å². The molecule has 18 heteroatoms. The van der Waals surface area contributed by atoms with Crippen molar-refractivity contribution >= 4 is 50.1 Å². The van der Waals surface area contributed by atoms with Gasteiger partial charge in [0.15, 0.2) is 21.3 Å². The van der Waals surface area contributed by atoms with Crippen LogP contribution >= 0.6 is 0 Å². The fraction of sp³-hybridized carbons (Fsp3) is 0.333. The van der Waals surface area contributed by atoms with Gasteiger partial charge in [0.25, 0.3) is 5.91 Å². The van der Waals surface area contributed by atoms with Crippen LogP contribution in [0.4, 0.5) is 29.5 Å². The molecule has 1 saturated heterocycles. The van der Waals surface area contributed by atoms with Crippen molar-refractivity contribution in [1.82, 2.24) is 9.88 Å². The summed E-state index contributed by atoms with van der Waals surface area (Å²) in [6.45, 7) is 3.56. The van der Waals surface area contributed by atoms with E-state index < -0.39 is 45.5 Å². The lowest BCUT2D eigenvalue weighted by molar-refractivity contribution is -0.192. The monoisotopic (exact) mass is 776 g/mol. The van der Waals surface area contributed by atoms with E-state index in [2.05, 4.69) is 10.3 Å². The molecule has 290 valence electrons. The molecule has 0 unspecified atom stereocenters. The van der Waals surface area contributed by atoms with Crippen molar-refractivity contribution < 1.29 is 60.0 Å². The van der Waals surface area contributed by atoms with Gasteiger partial charge in [0.1, 0.15) is 11.6 Å². The Bertz CT molecular complexity index is 2130. The molecule has 0 saturated carbocycles. The third-order valence-electron chi connectivity index (χ3n) is 8.46. The second-order valence-corrected chi connectivity index (χ2v) is 14.6. The molecule has 0 aliphatic carbocycles. The van der Waals surface area contributed by atoms with Gasteiger partial charge < -0.3 is 34.7 Å². The summed E-state index contributed by atoms with van der Waals surface area (Å²) in [5, 5.41) is 10.5. The summed E-state index contributed by atoms with van der Waals surface area (Å²) in [4.78, 5) is 41.5. The minimum atomic E-state index is -5.08. The summed E-state index contributed by atoms with van der Waals surface area (Å²) < 4.78 is 81.0. The Morgan fingerprint density at radius 3 is 2.28 bits per heavy atom. The number of fused-ring (bicyclic) bond motifs is 1. The lowest BCUT2D eigenvalue weighted by Crippen LogP contribution is -2.37. The number of nitrogens with two attached hydrogens (primary N) is 1. The number of aliphatic carboxylic acids is 1. The normalized spacial score (nSPS) is 14.8. The molecule has 14 nitrogen and oxygen atoms in total. The standard InChI is InChI=1S/C34H38N4O8S.C2HF3O2/c1-20(2)47(41,42)30-13-9-23(37-34(40)45-5)19-26(30)27-7-6-16-38(27)33(39)31(22-8-12-28(43-3)29(18-22)44-4)46-24-10-11-25-21(17-24)14-15-36-32(25)35;3-2(4,5)1(6)7/h8-15,17-20,27,31H,6-7,16H2,1-5H3,(H2,35,36)(H,37,40);(H,6,7)/t27-,31-;/m1./s1. The number of benzene rings is 3. The minimum absolute atomic E-state index is 0.0944. The first-order chi connectivity index (χ1) is 25.4. The average Bonchev–Trinajstić information content (AvgIpc) is 3.63. The van der Waals surface area contributed by atoms with Gasteiger partial charge in [0, 0.05) is 29.4 Å². The van der Waals surface area contributed by atoms with E-state index in [1.165, 1.54) is 33.5 Å². The largest absolute Gasteiger partial charge is 0.493 e. The first-order valence-electron chi connectivity index (χ1n) is 16.3. The number of sulfone groups is 1. The Kier molecular flexibility index (Phi) is 12.8. The molecule has 0 spiro atoms. The van der Waals surface area contributed by atoms with Crippen LogP contribution in [0.1, 0.15) is 50.0 Å². The van der Waals surface area contributed by atoms with Gasteiger partial charge in [-0.15, -0.1) is 0 Å². The summed E-state index contributed by atoms with van der Waals surface area (Å²) in [7, 11) is 0.496. The van der Waals surface area contributed by atoms with Gasteiger partial charge in [-0.05, 0) is 92.2 Å². The number of nitrogens with zero attached hydrogens (tertiary/aromatic N) is 2.